The maximum atomic E-state index is 13.4. The summed E-state index contributed by atoms with van der Waals surface area (Å²) < 4.78 is 11.3. The van der Waals surface area contributed by atoms with E-state index in [0.29, 0.717) is 17.5 Å². The van der Waals surface area contributed by atoms with Gasteiger partial charge >= 0.3 is 11.4 Å². The van der Waals surface area contributed by atoms with Gasteiger partial charge in [0.05, 0.1) is 11.7 Å². The smallest absolute Gasteiger partial charge is 0.352 e. The Labute approximate surface area is 178 Å². The molecule has 3 aliphatic rings. The summed E-state index contributed by atoms with van der Waals surface area (Å²) in [5.74, 6) is 1.57. The number of nitrogens with zero attached hydrogens (tertiary/aromatic N) is 3. The Bertz CT molecular complexity index is 1100. The molecule has 0 spiro atoms. The van der Waals surface area contributed by atoms with Gasteiger partial charge in [-0.25, -0.2) is 23.5 Å². The van der Waals surface area contributed by atoms with E-state index >= 15 is 0 Å². The Hall–Kier alpha value is -2.28. The van der Waals surface area contributed by atoms with Gasteiger partial charge in [0.25, 0.3) is 0 Å². The van der Waals surface area contributed by atoms with Gasteiger partial charge in [-0.3, -0.25) is 0 Å². The molecule has 1 aliphatic carbocycles. The first-order valence-electron chi connectivity index (χ1n) is 10.9. The molecule has 7 heteroatoms. The largest absolute Gasteiger partial charge is 0.545 e. The van der Waals surface area contributed by atoms with Crippen molar-refractivity contribution in [3.05, 3.63) is 63.1 Å². The van der Waals surface area contributed by atoms with Gasteiger partial charge in [-0.2, -0.15) is 0 Å². The maximum absolute atomic E-state index is 13.4. The Balaban J connectivity index is 1.87. The fraction of sp³-hybridized carbons (Fsp3) is 0.565. The van der Waals surface area contributed by atoms with Crippen molar-refractivity contribution in [2.24, 2.45) is 11.8 Å². The molecular weight excluding hydrogens is 394 g/mol. The van der Waals surface area contributed by atoms with Crippen LogP contribution in [0.25, 0.3) is 5.69 Å². The fourth-order valence-corrected chi connectivity index (χ4v) is 5.53. The van der Waals surface area contributed by atoms with Crippen LogP contribution in [-0.2, 0) is 4.43 Å². The Morgan fingerprint density at radius 3 is 2.20 bits per heavy atom. The van der Waals surface area contributed by atoms with Crippen LogP contribution < -0.4 is 11.4 Å². The van der Waals surface area contributed by atoms with Crippen LogP contribution in [0.5, 0.6) is 0 Å². The van der Waals surface area contributed by atoms with Crippen LogP contribution in [0.3, 0.4) is 0 Å². The molecule has 2 aromatic rings. The normalized spacial score (nSPS) is 23.5. The van der Waals surface area contributed by atoms with Gasteiger partial charge in [-0.15, -0.1) is 0 Å². The van der Waals surface area contributed by atoms with Crippen molar-refractivity contribution >= 4 is 8.32 Å². The molecule has 1 aromatic carbocycles. The second kappa shape index (κ2) is 6.87. The molecule has 0 N–H and O–H groups in total. The number of benzene rings is 1. The second-order valence-corrected chi connectivity index (χ2v) is 15.2. The van der Waals surface area contributed by atoms with E-state index in [2.05, 4.69) is 53.8 Å². The van der Waals surface area contributed by atoms with Gasteiger partial charge in [0.15, 0.2) is 0 Å². The molecule has 30 heavy (non-hydrogen) atoms. The molecule has 0 unspecified atom stereocenters. The van der Waals surface area contributed by atoms with Gasteiger partial charge in [-0.05, 0) is 54.6 Å². The molecular formula is C23H33N3O3Si. The minimum atomic E-state index is -2.07. The van der Waals surface area contributed by atoms with Crippen molar-refractivity contribution < 1.29 is 4.43 Å². The summed E-state index contributed by atoms with van der Waals surface area (Å²) in [7, 11) is -2.07. The molecule has 0 fully saturated rings. The van der Waals surface area contributed by atoms with E-state index in [9.17, 15) is 9.59 Å². The highest BCUT2D eigenvalue weighted by Crippen LogP contribution is 2.48. The monoisotopic (exact) mass is 427 g/mol. The van der Waals surface area contributed by atoms with E-state index in [1.165, 1.54) is 4.57 Å². The van der Waals surface area contributed by atoms with E-state index in [0.717, 1.165) is 12.2 Å². The summed E-state index contributed by atoms with van der Waals surface area (Å²) >= 11 is 0. The molecule has 2 aliphatic heterocycles. The lowest BCUT2D eigenvalue weighted by Gasteiger charge is -2.47. The van der Waals surface area contributed by atoms with E-state index in [1.54, 1.807) is 21.5 Å². The number of rotatable bonds is 4. The van der Waals surface area contributed by atoms with Crippen LogP contribution in [0, 0.1) is 11.8 Å². The summed E-state index contributed by atoms with van der Waals surface area (Å²) in [6.07, 6.45) is 2.94. The zero-order valence-electron chi connectivity index (χ0n) is 19.0. The SMILES string of the molecule is CC(C)[C@H]1C[C@H]2C(O[Si](C)(C)C(C)(C)C)=C[C@@H]1n1c(=O)n(-c3ccccc3)c(=O)n12. The molecule has 3 atom stereocenters. The van der Waals surface area contributed by atoms with Crippen molar-refractivity contribution in [1.29, 1.82) is 0 Å². The third-order valence-electron chi connectivity index (χ3n) is 7.23. The Kier molecular flexibility index (Phi) is 4.80. The molecule has 0 radical (unpaired) electrons. The highest BCUT2D eigenvalue weighted by molar-refractivity contribution is 6.74. The van der Waals surface area contributed by atoms with E-state index in [4.69, 9.17) is 4.43 Å². The van der Waals surface area contributed by atoms with Crippen LogP contribution in [0.1, 0.15) is 53.1 Å². The molecule has 1 aromatic heterocycles. The topological polar surface area (TPSA) is 58.2 Å². The van der Waals surface area contributed by atoms with E-state index in [1.807, 2.05) is 18.2 Å². The first-order chi connectivity index (χ1) is 13.9. The summed E-state index contributed by atoms with van der Waals surface area (Å²) in [6.45, 7) is 15.5. The molecule has 3 heterocycles. The van der Waals surface area contributed by atoms with Gasteiger partial charge in [-0.1, -0.05) is 52.8 Å². The molecule has 0 amide bonds. The Morgan fingerprint density at radius 2 is 1.63 bits per heavy atom. The van der Waals surface area contributed by atoms with Crippen LogP contribution in [0.4, 0.5) is 0 Å². The average Bonchev–Trinajstić information content (AvgIpc) is 2.93. The summed E-state index contributed by atoms with van der Waals surface area (Å²) in [4.78, 5) is 26.8. The van der Waals surface area contributed by atoms with Gasteiger partial charge in [0.2, 0.25) is 8.32 Å². The lowest BCUT2D eigenvalue weighted by Crippen LogP contribution is -2.49. The lowest BCUT2D eigenvalue weighted by molar-refractivity contribution is 0.101. The van der Waals surface area contributed by atoms with Crippen molar-refractivity contribution in [3.8, 4) is 5.69 Å². The van der Waals surface area contributed by atoms with E-state index in [-0.39, 0.29) is 28.5 Å². The predicted molar refractivity (Wildman–Crippen MR) is 122 cm³/mol. The number of aromatic nitrogens is 3. The van der Waals surface area contributed by atoms with Crippen molar-refractivity contribution in [3.63, 3.8) is 0 Å². The van der Waals surface area contributed by atoms with Gasteiger partial charge in [0.1, 0.15) is 11.8 Å². The predicted octanol–water partition coefficient (Wildman–Crippen LogP) is 4.48. The van der Waals surface area contributed by atoms with Crippen LogP contribution in [0.2, 0.25) is 18.1 Å². The molecule has 5 rings (SSSR count). The van der Waals surface area contributed by atoms with Crippen LogP contribution >= 0.6 is 0 Å². The summed E-state index contributed by atoms with van der Waals surface area (Å²) in [5.41, 5.74) is 0.0521. The number of para-hydroxylation sites is 1. The zero-order valence-corrected chi connectivity index (χ0v) is 20.0. The molecule has 0 saturated carbocycles. The lowest BCUT2D eigenvalue weighted by atomic mass is 9.77. The first kappa shape index (κ1) is 21.0. The van der Waals surface area contributed by atoms with Crippen molar-refractivity contribution in [1.82, 2.24) is 13.9 Å². The number of hydrogen-bond acceptors (Lipinski definition) is 3. The maximum Gasteiger partial charge on any atom is 0.352 e. The quantitative estimate of drug-likeness (QED) is 0.676. The second-order valence-electron chi connectivity index (χ2n) is 10.5. The van der Waals surface area contributed by atoms with E-state index < -0.39 is 8.32 Å². The fourth-order valence-electron chi connectivity index (χ4n) is 4.43. The number of allylic oxidation sites excluding steroid dienone is 2. The molecule has 6 nitrogen and oxygen atoms in total. The third-order valence-corrected chi connectivity index (χ3v) is 11.6. The standard InChI is InChI=1S/C23H33N3O3Si/c1-15(2)17-13-19-20(29-30(6,7)23(3,4)5)14-18(17)25-21(27)24(22(28)26(19)25)16-11-9-8-10-12-16/h8-12,14-15,17-19H,13H2,1-7H3/t17-,18+,19+/m1/s1. The number of fused-ring (bicyclic) bond motifs is 1. The average molecular weight is 428 g/mol. The van der Waals surface area contributed by atoms with Crippen LogP contribution in [-0.4, -0.2) is 22.2 Å². The highest BCUT2D eigenvalue weighted by Gasteiger charge is 2.48. The van der Waals surface area contributed by atoms with Gasteiger partial charge in [0, 0.05) is 0 Å². The zero-order chi connectivity index (χ0) is 22.0. The van der Waals surface area contributed by atoms with Crippen LogP contribution in [0.15, 0.2) is 51.8 Å². The minimum absolute atomic E-state index is 0.0581. The van der Waals surface area contributed by atoms with Crippen molar-refractivity contribution in [2.75, 3.05) is 0 Å². The summed E-state index contributed by atoms with van der Waals surface area (Å²) in [5, 5.41) is 0.0581. The third kappa shape index (κ3) is 3.05. The number of hydrogen-bond donors (Lipinski definition) is 0. The Morgan fingerprint density at radius 1 is 1.03 bits per heavy atom. The molecule has 162 valence electrons. The summed E-state index contributed by atoms with van der Waals surface area (Å²) in [6, 6.07) is 8.78. The first-order valence-corrected chi connectivity index (χ1v) is 13.8. The highest BCUT2D eigenvalue weighted by atomic mass is 28.4. The minimum Gasteiger partial charge on any atom is -0.545 e. The molecule has 2 bridgehead atoms. The van der Waals surface area contributed by atoms with Gasteiger partial charge < -0.3 is 4.43 Å². The molecule has 0 saturated heterocycles. The van der Waals surface area contributed by atoms with Crippen molar-refractivity contribution in [2.45, 2.75) is 71.3 Å².